The van der Waals surface area contributed by atoms with E-state index in [4.69, 9.17) is 9.47 Å². The fraction of sp³-hybridized carbons (Fsp3) is 0.636. The Kier molecular flexibility index (Phi) is 7.61. The molecular weight excluding hydrogens is 370 g/mol. The molecule has 2 aliphatic rings. The van der Waals surface area contributed by atoms with Crippen LogP contribution in [0.4, 0.5) is 4.79 Å². The summed E-state index contributed by atoms with van der Waals surface area (Å²) < 4.78 is 10.8. The van der Waals surface area contributed by atoms with Crippen molar-refractivity contribution in [2.45, 2.75) is 63.5 Å². The van der Waals surface area contributed by atoms with Gasteiger partial charge < -0.3 is 25.0 Å². The van der Waals surface area contributed by atoms with Gasteiger partial charge in [0.25, 0.3) is 0 Å². The first-order valence-corrected chi connectivity index (χ1v) is 10.7. The van der Waals surface area contributed by atoms with E-state index in [0.717, 1.165) is 42.7 Å². The van der Waals surface area contributed by atoms with Crippen LogP contribution in [0.15, 0.2) is 18.2 Å². The van der Waals surface area contributed by atoms with E-state index in [9.17, 15) is 9.59 Å². The van der Waals surface area contributed by atoms with E-state index in [1.54, 1.807) is 14.2 Å². The zero-order chi connectivity index (χ0) is 20.6. The molecule has 0 bridgehead atoms. The summed E-state index contributed by atoms with van der Waals surface area (Å²) in [5, 5.41) is 6.00. The van der Waals surface area contributed by atoms with E-state index in [1.807, 2.05) is 23.1 Å². The summed E-state index contributed by atoms with van der Waals surface area (Å²) in [5.41, 5.74) is 0.982. The summed E-state index contributed by atoms with van der Waals surface area (Å²) >= 11 is 0. The number of nitrogens with one attached hydrogen (secondary N) is 2. The van der Waals surface area contributed by atoms with E-state index in [-0.39, 0.29) is 18.0 Å². The summed E-state index contributed by atoms with van der Waals surface area (Å²) in [7, 11) is 3.25. The number of ether oxygens (including phenoxy) is 2. The molecule has 1 aliphatic carbocycles. The number of nitrogens with zero attached hydrogens (tertiary/aromatic N) is 1. The first kappa shape index (κ1) is 21.3. The molecule has 2 fully saturated rings. The highest BCUT2D eigenvalue weighted by Gasteiger charge is 2.32. The molecule has 1 saturated carbocycles. The minimum absolute atomic E-state index is 0.0204. The van der Waals surface area contributed by atoms with Gasteiger partial charge in [0.1, 0.15) is 11.5 Å². The monoisotopic (exact) mass is 403 g/mol. The number of amides is 3. The summed E-state index contributed by atoms with van der Waals surface area (Å²) in [5.74, 6) is 1.47. The highest BCUT2D eigenvalue weighted by Crippen LogP contribution is 2.38. The molecule has 29 heavy (non-hydrogen) atoms. The Labute approximate surface area is 173 Å². The Morgan fingerprint density at radius 2 is 1.86 bits per heavy atom. The Morgan fingerprint density at radius 1 is 1.07 bits per heavy atom. The van der Waals surface area contributed by atoms with Crippen LogP contribution in [0.3, 0.4) is 0 Å². The smallest absolute Gasteiger partial charge is 0.317 e. The van der Waals surface area contributed by atoms with Gasteiger partial charge in [0.2, 0.25) is 5.91 Å². The first-order chi connectivity index (χ1) is 14.1. The predicted molar refractivity (Wildman–Crippen MR) is 111 cm³/mol. The predicted octanol–water partition coefficient (Wildman–Crippen LogP) is 3.39. The molecule has 1 unspecified atom stereocenters. The van der Waals surface area contributed by atoms with E-state index in [2.05, 4.69) is 10.6 Å². The normalized spacial score (nSPS) is 19.7. The number of urea groups is 1. The van der Waals surface area contributed by atoms with E-state index < -0.39 is 0 Å². The van der Waals surface area contributed by atoms with Gasteiger partial charge in [-0.15, -0.1) is 0 Å². The number of hydrogen-bond donors (Lipinski definition) is 2. The molecule has 7 heteroatoms. The number of rotatable bonds is 7. The van der Waals surface area contributed by atoms with Crippen molar-refractivity contribution in [3.8, 4) is 11.5 Å². The van der Waals surface area contributed by atoms with Crippen molar-refractivity contribution >= 4 is 11.9 Å². The molecule has 1 aliphatic heterocycles. The van der Waals surface area contributed by atoms with Crippen molar-refractivity contribution < 1.29 is 19.1 Å². The van der Waals surface area contributed by atoms with Crippen LogP contribution in [0.1, 0.15) is 63.0 Å². The number of carbonyl (C=O) groups is 2. The Hall–Kier alpha value is -2.44. The summed E-state index contributed by atoms with van der Waals surface area (Å²) in [6.45, 7) is 1.04. The highest BCUT2D eigenvalue weighted by atomic mass is 16.5. The lowest BCUT2D eigenvalue weighted by atomic mass is 9.95. The molecule has 2 N–H and O–H groups in total. The third-order valence-electron chi connectivity index (χ3n) is 5.91. The van der Waals surface area contributed by atoms with Crippen LogP contribution in [-0.4, -0.2) is 50.2 Å². The van der Waals surface area contributed by atoms with Crippen molar-refractivity contribution in [1.29, 1.82) is 0 Å². The summed E-state index contributed by atoms with van der Waals surface area (Å²) in [6, 6.07) is 5.84. The molecular formula is C22H33N3O4. The van der Waals surface area contributed by atoms with Gasteiger partial charge in [0.05, 0.1) is 20.3 Å². The fourth-order valence-corrected chi connectivity index (χ4v) is 4.36. The number of carbonyl (C=O) groups excluding carboxylic acids is 2. The van der Waals surface area contributed by atoms with Gasteiger partial charge in [0, 0.05) is 37.2 Å². The van der Waals surface area contributed by atoms with Crippen molar-refractivity contribution in [2.75, 3.05) is 27.3 Å². The molecule has 0 radical (unpaired) electrons. The van der Waals surface area contributed by atoms with E-state index >= 15 is 0 Å². The van der Waals surface area contributed by atoms with Gasteiger partial charge in [-0.2, -0.15) is 0 Å². The molecule has 1 atom stereocenters. The number of likely N-dealkylation sites (tertiary alicyclic amines) is 1. The molecule has 160 valence electrons. The second kappa shape index (κ2) is 10.4. The lowest BCUT2D eigenvalue weighted by Gasteiger charge is -2.27. The van der Waals surface area contributed by atoms with Crippen molar-refractivity contribution in [3.63, 3.8) is 0 Å². The maximum absolute atomic E-state index is 12.7. The SMILES string of the molecule is COc1ccc(C2CCCN2C(=O)NCCC(=O)NC2CCCCC2)c(OC)c1. The molecule has 3 amide bonds. The molecule has 0 spiro atoms. The van der Waals surface area contributed by atoms with E-state index in [0.29, 0.717) is 25.6 Å². The Bertz CT molecular complexity index is 703. The lowest BCUT2D eigenvalue weighted by molar-refractivity contribution is -0.121. The number of hydrogen-bond acceptors (Lipinski definition) is 4. The largest absolute Gasteiger partial charge is 0.497 e. The number of methoxy groups -OCH3 is 2. The average molecular weight is 404 g/mol. The first-order valence-electron chi connectivity index (χ1n) is 10.7. The second-order valence-corrected chi connectivity index (χ2v) is 7.84. The van der Waals surface area contributed by atoms with Gasteiger partial charge in [-0.3, -0.25) is 4.79 Å². The molecule has 1 saturated heterocycles. The van der Waals surface area contributed by atoms with Crippen LogP contribution >= 0.6 is 0 Å². The molecule has 7 nitrogen and oxygen atoms in total. The maximum atomic E-state index is 12.7. The third-order valence-corrected chi connectivity index (χ3v) is 5.91. The van der Waals surface area contributed by atoms with Crippen LogP contribution < -0.4 is 20.1 Å². The topological polar surface area (TPSA) is 79.9 Å². The van der Waals surface area contributed by atoms with Crippen LogP contribution in [0, 0.1) is 0 Å². The lowest BCUT2D eigenvalue weighted by Crippen LogP contribution is -2.42. The average Bonchev–Trinajstić information content (AvgIpc) is 3.23. The van der Waals surface area contributed by atoms with Crippen LogP contribution in [0.5, 0.6) is 11.5 Å². The summed E-state index contributed by atoms with van der Waals surface area (Å²) in [4.78, 5) is 26.7. The Morgan fingerprint density at radius 3 is 2.59 bits per heavy atom. The van der Waals surface area contributed by atoms with Crippen molar-refractivity contribution in [3.05, 3.63) is 23.8 Å². The van der Waals surface area contributed by atoms with Crippen LogP contribution in [0.25, 0.3) is 0 Å². The van der Waals surface area contributed by atoms with Gasteiger partial charge in [-0.25, -0.2) is 4.79 Å². The zero-order valence-corrected chi connectivity index (χ0v) is 17.5. The fourth-order valence-electron chi connectivity index (χ4n) is 4.36. The standard InChI is InChI=1S/C22H33N3O4/c1-28-17-10-11-18(20(15-17)29-2)19-9-6-14-25(19)22(27)23-13-12-21(26)24-16-7-4-3-5-8-16/h10-11,15-16,19H,3-9,12-14H2,1-2H3,(H,23,27)(H,24,26). The van der Waals surface area contributed by atoms with Crippen LogP contribution in [-0.2, 0) is 4.79 Å². The third kappa shape index (κ3) is 5.55. The van der Waals surface area contributed by atoms with Crippen molar-refractivity contribution in [1.82, 2.24) is 15.5 Å². The molecule has 1 heterocycles. The Balaban J connectivity index is 1.51. The quantitative estimate of drug-likeness (QED) is 0.731. The van der Waals surface area contributed by atoms with Gasteiger partial charge >= 0.3 is 6.03 Å². The van der Waals surface area contributed by atoms with Gasteiger partial charge in [0.15, 0.2) is 0 Å². The van der Waals surface area contributed by atoms with Gasteiger partial charge in [-0.05, 0) is 37.8 Å². The molecule has 3 rings (SSSR count). The van der Waals surface area contributed by atoms with Crippen molar-refractivity contribution in [2.24, 2.45) is 0 Å². The number of benzene rings is 1. The zero-order valence-electron chi connectivity index (χ0n) is 17.5. The van der Waals surface area contributed by atoms with E-state index in [1.165, 1.54) is 19.3 Å². The van der Waals surface area contributed by atoms with Gasteiger partial charge in [-0.1, -0.05) is 19.3 Å². The maximum Gasteiger partial charge on any atom is 0.317 e. The summed E-state index contributed by atoms with van der Waals surface area (Å²) in [6.07, 6.45) is 7.91. The minimum atomic E-state index is -0.129. The second-order valence-electron chi connectivity index (χ2n) is 7.84. The van der Waals surface area contributed by atoms with Crippen LogP contribution in [0.2, 0.25) is 0 Å². The molecule has 0 aromatic heterocycles. The highest BCUT2D eigenvalue weighted by molar-refractivity contribution is 5.79. The molecule has 1 aromatic rings. The minimum Gasteiger partial charge on any atom is -0.497 e. The molecule has 1 aromatic carbocycles.